The summed E-state index contributed by atoms with van der Waals surface area (Å²) in [5.41, 5.74) is -0.897. The molecular weight excluding hydrogens is 457 g/mol. The van der Waals surface area contributed by atoms with Crippen molar-refractivity contribution in [2.24, 2.45) is 28.6 Å². The summed E-state index contributed by atoms with van der Waals surface area (Å²) in [4.78, 5) is 27.6. The van der Waals surface area contributed by atoms with E-state index in [0.717, 1.165) is 36.2 Å². The van der Waals surface area contributed by atoms with E-state index in [-0.39, 0.29) is 16.9 Å². The van der Waals surface area contributed by atoms with Crippen molar-refractivity contribution >= 4 is 11.9 Å². The van der Waals surface area contributed by atoms with Gasteiger partial charge in [0.05, 0.1) is 12.2 Å². The molecule has 1 heterocycles. The second kappa shape index (κ2) is 8.19. The fourth-order valence-corrected chi connectivity index (χ4v) is 8.83. The number of carbonyl (C=O) groups excluding carboxylic acids is 1. The van der Waals surface area contributed by atoms with E-state index in [1.54, 1.807) is 6.07 Å². The lowest BCUT2D eigenvalue weighted by Gasteiger charge is -2.56. The van der Waals surface area contributed by atoms with E-state index in [4.69, 9.17) is 4.74 Å². The Labute approximate surface area is 213 Å². The molecule has 1 aliphatic heterocycles. The third-order valence-corrected chi connectivity index (χ3v) is 10.3. The fraction of sp³-hybridized carbons (Fsp3) is 0.733. The zero-order chi connectivity index (χ0) is 25.5. The van der Waals surface area contributed by atoms with Gasteiger partial charge in [0.15, 0.2) is 0 Å². The van der Waals surface area contributed by atoms with Gasteiger partial charge in [0.2, 0.25) is 0 Å². The van der Waals surface area contributed by atoms with Gasteiger partial charge in [0, 0.05) is 18.0 Å². The highest BCUT2D eigenvalue weighted by Gasteiger charge is 2.58. The smallest absolute Gasteiger partial charge is 0.330 e. The van der Waals surface area contributed by atoms with E-state index >= 15 is 4.39 Å². The predicted octanol–water partition coefficient (Wildman–Crippen LogP) is 6.40. The van der Waals surface area contributed by atoms with Gasteiger partial charge in [-0.1, -0.05) is 20.8 Å². The Morgan fingerprint density at radius 1 is 1.08 bits per heavy atom. The van der Waals surface area contributed by atoms with E-state index in [2.05, 4.69) is 0 Å². The van der Waals surface area contributed by atoms with E-state index in [9.17, 15) is 14.7 Å². The van der Waals surface area contributed by atoms with Crippen molar-refractivity contribution < 1.29 is 23.8 Å². The highest BCUT2D eigenvalue weighted by atomic mass is 19.1. The zero-order valence-corrected chi connectivity index (χ0v) is 21.9. The van der Waals surface area contributed by atoms with Crippen molar-refractivity contribution in [1.82, 2.24) is 4.90 Å². The number of likely N-dealkylation sites (tertiary alicyclic amines) is 1. The van der Waals surface area contributed by atoms with Crippen molar-refractivity contribution in [3.63, 3.8) is 0 Å². The number of hydrogen-bond acceptors (Lipinski definition) is 3. The third-order valence-electron chi connectivity index (χ3n) is 10.3. The lowest BCUT2D eigenvalue weighted by atomic mass is 9.50. The molecule has 1 amide bonds. The molecule has 1 unspecified atom stereocenters. The standard InChI is InChI=1S/C30H40FNO4/c1-28(2,3)30(27(34)35)7-4-8-32(30)26(33)23-12-22(21-5-6-21)25(13-24(23)31)36-17-29-14-18-9-19(15-29)11-20(10-18)16-29/h12-13,18-21H,4-11,14-17H2,1-3H3,(H,34,35). The van der Waals surface area contributed by atoms with Gasteiger partial charge in [-0.05, 0) is 105 Å². The lowest BCUT2D eigenvalue weighted by Crippen LogP contribution is -2.60. The Kier molecular flexibility index (Phi) is 5.52. The first-order valence-corrected chi connectivity index (χ1v) is 14.0. The van der Waals surface area contributed by atoms with Crippen LogP contribution in [-0.2, 0) is 4.79 Å². The van der Waals surface area contributed by atoms with Crippen molar-refractivity contribution in [3.8, 4) is 5.75 Å². The van der Waals surface area contributed by atoms with Crippen LogP contribution in [-0.4, -0.2) is 40.6 Å². The van der Waals surface area contributed by atoms with Gasteiger partial charge in [-0.2, -0.15) is 0 Å². The molecule has 1 N–H and O–H groups in total. The first-order valence-electron chi connectivity index (χ1n) is 14.0. The van der Waals surface area contributed by atoms with Gasteiger partial charge in [-0.15, -0.1) is 0 Å². The maximum absolute atomic E-state index is 15.6. The van der Waals surface area contributed by atoms with E-state index in [1.807, 2.05) is 20.8 Å². The Hall–Kier alpha value is -2.11. The number of carboxylic acids is 1. The number of amides is 1. The Morgan fingerprint density at radius 2 is 1.69 bits per heavy atom. The Bertz CT molecular complexity index is 1050. The average Bonchev–Trinajstić information content (AvgIpc) is 3.51. The minimum atomic E-state index is -1.34. The Morgan fingerprint density at radius 3 is 2.22 bits per heavy atom. The molecule has 1 saturated heterocycles. The number of benzene rings is 1. The molecule has 5 nitrogen and oxygen atoms in total. The number of nitrogens with zero attached hydrogens (tertiary/aromatic N) is 1. The summed E-state index contributed by atoms with van der Waals surface area (Å²) < 4.78 is 22.0. The maximum atomic E-state index is 15.6. The molecule has 0 spiro atoms. The number of ether oxygens (including phenoxy) is 1. The van der Waals surface area contributed by atoms with Crippen molar-refractivity contribution in [1.29, 1.82) is 0 Å². The molecule has 6 heteroatoms. The Balaban J connectivity index is 1.28. The predicted molar refractivity (Wildman–Crippen MR) is 135 cm³/mol. The second-order valence-electron chi connectivity index (χ2n) is 13.8. The summed E-state index contributed by atoms with van der Waals surface area (Å²) >= 11 is 0. The molecule has 5 saturated carbocycles. The van der Waals surface area contributed by atoms with Crippen LogP contribution in [0.25, 0.3) is 0 Å². The summed E-state index contributed by atoms with van der Waals surface area (Å²) in [5.74, 6) is 1.23. The summed E-state index contributed by atoms with van der Waals surface area (Å²) in [6.45, 7) is 6.51. The summed E-state index contributed by atoms with van der Waals surface area (Å²) in [6.07, 6.45) is 10.8. The van der Waals surface area contributed by atoms with E-state index in [0.29, 0.717) is 31.7 Å². The van der Waals surface area contributed by atoms with Crippen molar-refractivity contribution in [2.45, 2.75) is 96.4 Å². The maximum Gasteiger partial charge on any atom is 0.330 e. The lowest BCUT2D eigenvalue weighted by molar-refractivity contribution is -0.155. The zero-order valence-electron chi connectivity index (χ0n) is 21.9. The molecule has 4 bridgehead atoms. The van der Waals surface area contributed by atoms with Crippen LogP contribution >= 0.6 is 0 Å². The minimum absolute atomic E-state index is 0.0178. The molecule has 1 aromatic carbocycles. The van der Waals surface area contributed by atoms with Crippen LogP contribution < -0.4 is 4.74 Å². The second-order valence-corrected chi connectivity index (χ2v) is 13.8. The number of rotatable bonds is 6. The number of carbonyl (C=O) groups is 2. The molecule has 1 atom stereocenters. The number of halogens is 1. The summed E-state index contributed by atoms with van der Waals surface area (Å²) in [7, 11) is 0. The van der Waals surface area contributed by atoms with Gasteiger partial charge >= 0.3 is 5.97 Å². The SMILES string of the molecule is CC(C)(C)C1(C(=O)O)CCCN1C(=O)c1cc(C2CC2)c(OCC23CC4CC(CC(C4)C2)C3)cc1F. The summed E-state index contributed by atoms with van der Waals surface area (Å²) in [6, 6.07) is 3.09. The van der Waals surface area contributed by atoms with Gasteiger partial charge in [-0.3, -0.25) is 4.79 Å². The van der Waals surface area contributed by atoms with E-state index in [1.165, 1.54) is 49.5 Å². The van der Waals surface area contributed by atoms with E-state index < -0.39 is 28.6 Å². The van der Waals surface area contributed by atoms with Gasteiger partial charge < -0.3 is 14.7 Å². The molecule has 7 rings (SSSR count). The largest absolute Gasteiger partial charge is 0.493 e. The topological polar surface area (TPSA) is 66.8 Å². The minimum Gasteiger partial charge on any atom is -0.493 e. The monoisotopic (exact) mass is 497 g/mol. The first-order chi connectivity index (χ1) is 17.0. The van der Waals surface area contributed by atoms with Crippen molar-refractivity contribution in [3.05, 3.63) is 29.1 Å². The first kappa shape index (κ1) is 24.2. The van der Waals surface area contributed by atoms with Crippen molar-refractivity contribution in [2.75, 3.05) is 13.2 Å². The fourth-order valence-electron chi connectivity index (χ4n) is 8.83. The third kappa shape index (κ3) is 3.77. The molecule has 5 aliphatic carbocycles. The van der Waals surface area contributed by atoms with Crippen LogP contribution in [0.5, 0.6) is 5.75 Å². The van der Waals surface area contributed by atoms with Gasteiger partial charge in [0.1, 0.15) is 17.1 Å². The van der Waals surface area contributed by atoms with Crippen LogP contribution in [0.1, 0.15) is 107 Å². The normalized spacial score (nSPS) is 35.3. The van der Waals surface area contributed by atoms with Crippen LogP contribution in [0.4, 0.5) is 4.39 Å². The molecule has 6 fully saturated rings. The highest BCUT2D eigenvalue weighted by molar-refractivity contribution is 5.99. The highest BCUT2D eigenvalue weighted by Crippen LogP contribution is 2.60. The van der Waals surface area contributed by atoms with Crippen LogP contribution in [0, 0.1) is 34.4 Å². The molecule has 1 aromatic rings. The van der Waals surface area contributed by atoms with Gasteiger partial charge in [-0.25, -0.2) is 9.18 Å². The molecule has 0 radical (unpaired) electrons. The number of aliphatic carboxylic acids is 1. The molecule has 6 aliphatic rings. The number of carboxylic acid groups (broad SMARTS) is 1. The molecular formula is C30H40FNO4. The summed E-state index contributed by atoms with van der Waals surface area (Å²) in [5, 5.41) is 10.2. The quantitative estimate of drug-likeness (QED) is 0.494. The van der Waals surface area contributed by atoms with Gasteiger partial charge in [0.25, 0.3) is 5.91 Å². The molecule has 196 valence electrons. The van der Waals surface area contributed by atoms with Crippen LogP contribution in [0.2, 0.25) is 0 Å². The van der Waals surface area contributed by atoms with Crippen LogP contribution in [0.15, 0.2) is 12.1 Å². The number of hydrogen-bond donors (Lipinski definition) is 1. The molecule has 36 heavy (non-hydrogen) atoms. The van der Waals surface area contributed by atoms with Crippen LogP contribution in [0.3, 0.4) is 0 Å². The average molecular weight is 498 g/mol. The molecule has 0 aromatic heterocycles.